The van der Waals surface area contributed by atoms with Gasteiger partial charge in [0, 0.05) is 12.6 Å². The van der Waals surface area contributed by atoms with Gasteiger partial charge in [-0.2, -0.15) is 0 Å². The lowest BCUT2D eigenvalue weighted by molar-refractivity contribution is -0.124. The van der Waals surface area contributed by atoms with Crippen molar-refractivity contribution >= 4 is 5.91 Å². The van der Waals surface area contributed by atoms with Crippen LogP contribution in [0.15, 0.2) is 35.9 Å². The molecule has 1 atom stereocenters. The van der Waals surface area contributed by atoms with Gasteiger partial charge in [0.2, 0.25) is 5.91 Å². The molecule has 0 bridgehead atoms. The summed E-state index contributed by atoms with van der Waals surface area (Å²) in [5.74, 6) is 0.137. The van der Waals surface area contributed by atoms with Crippen molar-refractivity contribution in [3.63, 3.8) is 0 Å². The van der Waals surface area contributed by atoms with E-state index in [4.69, 9.17) is 10.5 Å². The second-order valence-electron chi connectivity index (χ2n) is 5.47. The largest absolute Gasteiger partial charge is 0.487 e. The molecule has 2 aliphatic carbocycles. The smallest absolute Gasteiger partial charge is 0.227 e. The van der Waals surface area contributed by atoms with Gasteiger partial charge in [0.15, 0.2) is 0 Å². The molecule has 0 aromatic carbocycles. The summed E-state index contributed by atoms with van der Waals surface area (Å²) in [7, 11) is 0. The summed E-state index contributed by atoms with van der Waals surface area (Å²) in [4.78, 5) is 12.1. The first-order chi connectivity index (χ1) is 10.2. The van der Waals surface area contributed by atoms with Gasteiger partial charge >= 0.3 is 0 Å². The van der Waals surface area contributed by atoms with E-state index in [2.05, 4.69) is 5.32 Å². The first-order valence-electron chi connectivity index (χ1n) is 7.55. The van der Waals surface area contributed by atoms with Crippen LogP contribution >= 0.6 is 0 Å². The van der Waals surface area contributed by atoms with Crippen LogP contribution in [0.25, 0.3) is 0 Å². The Labute approximate surface area is 124 Å². The minimum atomic E-state index is -0.382. The van der Waals surface area contributed by atoms with Crippen molar-refractivity contribution in [3.05, 3.63) is 35.9 Å². The molecule has 5 heteroatoms. The van der Waals surface area contributed by atoms with Crippen LogP contribution in [-0.2, 0) is 9.53 Å². The van der Waals surface area contributed by atoms with E-state index in [0.29, 0.717) is 18.2 Å². The number of halogens is 1. The van der Waals surface area contributed by atoms with Crippen LogP contribution in [0.4, 0.5) is 4.39 Å². The molecule has 1 unspecified atom stereocenters. The SMILES string of the molecule is NC/C=C(/F)COC1=CCC(C(=O)NC2CCCC2)C=C1. The Kier molecular flexibility index (Phi) is 5.99. The molecule has 0 spiro atoms. The van der Waals surface area contributed by atoms with E-state index in [-0.39, 0.29) is 30.8 Å². The van der Waals surface area contributed by atoms with Crippen molar-refractivity contribution in [2.45, 2.75) is 38.1 Å². The highest BCUT2D eigenvalue weighted by Gasteiger charge is 2.22. The molecule has 1 amide bonds. The number of nitrogens with one attached hydrogen (secondary N) is 1. The first-order valence-corrected chi connectivity index (χ1v) is 7.55. The molecule has 0 saturated heterocycles. The molecule has 21 heavy (non-hydrogen) atoms. The van der Waals surface area contributed by atoms with Crippen molar-refractivity contribution in [3.8, 4) is 0 Å². The third kappa shape index (κ3) is 5.01. The van der Waals surface area contributed by atoms with E-state index < -0.39 is 0 Å². The lowest BCUT2D eigenvalue weighted by Crippen LogP contribution is -2.37. The summed E-state index contributed by atoms with van der Waals surface area (Å²) in [5, 5.41) is 3.09. The Morgan fingerprint density at radius 1 is 1.48 bits per heavy atom. The standard InChI is InChI=1S/C16H23FN2O2/c17-13(9-10-18)11-21-15-7-5-12(6-8-15)16(20)19-14-3-1-2-4-14/h5,7-9,12,14H,1-4,6,10-11,18H2,(H,19,20)/b13-9+. The highest BCUT2D eigenvalue weighted by atomic mass is 19.1. The molecule has 0 aliphatic heterocycles. The average molecular weight is 294 g/mol. The van der Waals surface area contributed by atoms with E-state index in [1.165, 1.54) is 18.9 Å². The zero-order chi connectivity index (χ0) is 15.1. The fraction of sp³-hybridized carbons (Fsp3) is 0.562. The zero-order valence-corrected chi connectivity index (χ0v) is 12.2. The van der Waals surface area contributed by atoms with Gasteiger partial charge in [-0.25, -0.2) is 4.39 Å². The maximum Gasteiger partial charge on any atom is 0.227 e. The zero-order valence-electron chi connectivity index (χ0n) is 12.2. The summed E-state index contributed by atoms with van der Waals surface area (Å²) in [6.45, 7) is 0.0415. The number of carbonyl (C=O) groups excluding carboxylic acids is 1. The summed E-state index contributed by atoms with van der Waals surface area (Å²) in [6, 6.07) is 0.336. The molecule has 4 nitrogen and oxygen atoms in total. The molecule has 1 fully saturated rings. The van der Waals surface area contributed by atoms with Crippen LogP contribution in [0.1, 0.15) is 32.1 Å². The molecule has 3 N–H and O–H groups in total. The molecule has 0 aromatic rings. The van der Waals surface area contributed by atoms with Crippen LogP contribution in [0.3, 0.4) is 0 Å². The van der Waals surface area contributed by atoms with Gasteiger partial charge in [0.25, 0.3) is 0 Å². The maximum atomic E-state index is 13.1. The fourth-order valence-electron chi connectivity index (χ4n) is 2.62. The van der Waals surface area contributed by atoms with Gasteiger partial charge in [-0.05, 0) is 37.5 Å². The molecular weight excluding hydrogens is 271 g/mol. The topological polar surface area (TPSA) is 64.3 Å². The number of nitrogens with two attached hydrogens (primary N) is 1. The highest BCUT2D eigenvalue weighted by Crippen LogP contribution is 2.21. The Balaban J connectivity index is 1.75. The predicted molar refractivity (Wildman–Crippen MR) is 79.9 cm³/mol. The number of amides is 1. The lowest BCUT2D eigenvalue weighted by Gasteiger charge is -2.19. The number of carbonyl (C=O) groups is 1. The van der Waals surface area contributed by atoms with Crippen LogP contribution < -0.4 is 11.1 Å². The van der Waals surface area contributed by atoms with E-state index in [9.17, 15) is 9.18 Å². The molecule has 1 saturated carbocycles. The summed E-state index contributed by atoms with van der Waals surface area (Å²) in [6.07, 6.45) is 11.8. The van der Waals surface area contributed by atoms with Gasteiger partial charge in [-0.1, -0.05) is 18.9 Å². The minimum Gasteiger partial charge on any atom is -0.487 e. The molecule has 0 heterocycles. The first kappa shape index (κ1) is 15.8. The van der Waals surface area contributed by atoms with Crippen molar-refractivity contribution < 1.29 is 13.9 Å². The van der Waals surface area contributed by atoms with Gasteiger partial charge in [0.05, 0.1) is 5.92 Å². The Morgan fingerprint density at radius 3 is 2.86 bits per heavy atom. The van der Waals surface area contributed by atoms with Crippen molar-refractivity contribution in [2.75, 3.05) is 13.2 Å². The van der Waals surface area contributed by atoms with Crippen LogP contribution in [0.2, 0.25) is 0 Å². The third-order valence-electron chi connectivity index (χ3n) is 3.82. The number of ether oxygens (including phenoxy) is 1. The van der Waals surface area contributed by atoms with Crippen LogP contribution in [0.5, 0.6) is 0 Å². The number of hydrogen-bond acceptors (Lipinski definition) is 3. The molecular formula is C16H23FN2O2. The van der Waals surface area contributed by atoms with Gasteiger partial charge in [-0.15, -0.1) is 0 Å². The van der Waals surface area contributed by atoms with E-state index in [1.54, 1.807) is 6.08 Å². The molecule has 0 radical (unpaired) electrons. The van der Waals surface area contributed by atoms with Crippen LogP contribution in [0, 0.1) is 5.92 Å². The second kappa shape index (κ2) is 7.98. The monoisotopic (exact) mass is 294 g/mol. The van der Waals surface area contributed by atoms with Crippen molar-refractivity contribution in [1.29, 1.82) is 0 Å². The van der Waals surface area contributed by atoms with Crippen molar-refractivity contribution in [2.24, 2.45) is 11.7 Å². The number of hydrogen-bond donors (Lipinski definition) is 2. The second-order valence-corrected chi connectivity index (χ2v) is 5.47. The third-order valence-corrected chi connectivity index (χ3v) is 3.82. The Hall–Kier alpha value is -1.62. The normalized spacial score (nSPS) is 23.0. The summed E-state index contributed by atoms with van der Waals surface area (Å²) in [5.41, 5.74) is 5.21. The molecule has 2 rings (SSSR count). The maximum absolute atomic E-state index is 13.1. The van der Waals surface area contributed by atoms with Gasteiger partial charge < -0.3 is 15.8 Å². The van der Waals surface area contributed by atoms with E-state index >= 15 is 0 Å². The fourth-order valence-corrected chi connectivity index (χ4v) is 2.62. The summed E-state index contributed by atoms with van der Waals surface area (Å²) < 4.78 is 18.4. The lowest BCUT2D eigenvalue weighted by atomic mass is 9.98. The quantitative estimate of drug-likeness (QED) is 0.790. The van der Waals surface area contributed by atoms with Crippen LogP contribution in [-0.4, -0.2) is 25.1 Å². The van der Waals surface area contributed by atoms with Crippen molar-refractivity contribution in [1.82, 2.24) is 5.32 Å². The minimum absolute atomic E-state index is 0.0719. The predicted octanol–water partition coefficient (Wildman–Crippen LogP) is 2.33. The molecule has 0 aromatic heterocycles. The average Bonchev–Trinajstić information content (AvgIpc) is 2.99. The molecule has 116 valence electrons. The Morgan fingerprint density at radius 2 is 2.24 bits per heavy atom. The number of rotatable bonds is 6. The molecule has 2 aliphatic rings. The van der Waals surface area contributed by atoms with E-state index in [1.807, 2.05) is 12.2 Å². The highest BCUT2D eigenvalue weighted by molar-refractivity contribution is 5.81. The summed E-state index contributed by atoms with van der Waals surface area (Å²) >= 11 is 0. The van der Waals surface area contributed by atoms with Gasteiger partial charge in [-0.3, -0.25) is 4.79 Å². The van der Waals surface area contributed by atoms with Gasteiger partial charge in [0.1, 0.15) is 18.2 Å². The Bertz CT molecular complexity index is 451. The van der Waals surface area contributed by atoms with E-state index in [0.717, 1.165) is 12.8 Å². The number of allylic oxidation sites excluding steroid dienone is 2.